The fourth-order valence-electron chi connectivity index (χ4n) is 1.37. The van der Waals surface area contributed by atoms with Crippen molar-refractivity contribution in [2.45, 2.75) is 44.9 Å². The zero-order valence-corrected chi connectivity index (χ0v) is 12.6. The van der Waals surface area contributed by atoms with Crippen LogP contribution < -0.4 is 10.5 Å². The van der Waals surface area contributed by atoms with Gasteiger partial charge in [-0.2, -0.15) is 11.8 Å². The molecule has 3 nitrogen and oxygen atoms in total. The van der Waals surface area contributed by atoms with Crippen LogP contribution in [0, 0.1) is 0 Å². The monoisotopic (exact) mass is 268 g/mol. The second kappa shape index (κ2) is 7.00. The molecule has 18 heavy (non-hydrogen) atoms. The Hall–Kier alpha value is -0.740. The summed E-state index contributed by atoms with van der Waals surface area (Å²) in [5.41, 5.74) is 7.23. The van der Waals surface area contributed by atoms with Crippen molar-refractivity contribution in [3.63, 3.8) is 0 Å². The molecule has 1 heterocycles. The number of thioether (sulfide) groups is 1. The first-order valence-corrected chi connectivity index (χ1v) is 7.38. The van der Waals surface area contributed by atoms with Gasteiger partial charge >= 0.3 is 0 Å². The third kappa shape index (κ3) is 5.74. The molecule has 0 saturated carbocycles. The Morgan fingerprint density at radius 2 is 2.11 bits per heavy atom. The second-order valence-corrected chi connectivity index (χ2v) is 7.18. The standard InChI is InChI=1S/C14H24N2OS/c1-5-6-17-12-7-11(8-16-9-12)13(15)10-18-14(2,3)4/h7-9,13H,5-6,10,15H2,1-4H3. The van der Waals surface area contributed by atoms with Crippen molar-refractivity contribution in [2.75, 3.05) is 12.4 Å². The van der Waals surface area contributed by atoms with Crippen molar-refractivity contribution >= 4 is 11.8 Å². The Balaban J connectivity index is 2.59. The van der Waals surface area contributed by atoms with E-state index >= 15 is 0 Å². The summed E-state index contributed by atoms with van der Waals surface area (Å²) in [6.07, 6.45) is 4.56. The van der Waals surface area contributed by atoms with Gasteiger partial charge in [-0.15, -0.1) is 0 Å². The van der Waals surface area contributed by atoms with Crippen LogP contribution in [0.4, 0.5) is 0 Å². The number of rotatable bonds is 6. The first-order chi connectivity index (χ1) is 8.42. The van der Waals surface area contributed by atoms with E-state index in [0.717, 1.165) is 30.1 Å². The minimum atomic E-state index is 0.00639. The third-order valence-electron chi connectivity index (χ3n) is 2.33. The van der Waals surface area contributed by atoms with E-state index in [2.05, 4.69) is 32.7 Å². The molecule has 0 bridgehead atoms. The average Bonchev–Trinajstić information content (AvgIpc) is 2.33. The van der Waals surface area contributed by atoms with Gasteiger partial charge in [0.2, 0.25) is 0 Å². The Bertz CT molecular complexity index is 363. The van der Waals surface area contributed by atoms with E-state index in [1.807, 2.05) is 24.0 Å². The van der Waals surface area contributed by atoms with E-state index < -0.39 is 0 Å². The number of nitrogens with two attached hydrogens (primary N) is 1. The smallest absolute Gasteiger partial charge is 0.137 e. The normalized spacial score (nSPS) is 13.4. The number of hydrogen-bond donors (Lipinski definition) is 1. The highest BCUT2D eigenvalue weighted by Crippen LogP contribution is 2.28. The fraction of sp³-hybridized carbons (Fsp3) is 0.643. The first kappa shape index (κ1) is 15.3. The highest BCUT2D eigenvalue weighted by molar-refractivity contribution is 8.00. The molecule has 0 aliphatic carbocycles. The van der Waals surface area contributed by atoms with Crippen LogP contribution in [0.15, 0.2) is 18.5 Å². The fourth-order valence-corrected chi connectivity index (χ4v) is 2.25. The maximum atomic E-state index is 6.18. The topological polar surface area (TPSA) is 48.1 Å². The molecule has 0 aliphatic heterocycles. The van der Waals surface area contributed by atoms with Crippen LogP contribution in [-0.4, -0.2) is 22.1 Å². The Morgan fingerprint density at radius 3 is 2.72 bits per heavy atom. The lowest BCUT2D eigenvalue weighted by Gasteiger charge is -2.20. The predicted octanol–water partition coefficient (Wildman–Crippen LogP) is 3.40. The summed E-state index contributed by atoms with van der Waals surface area (Å²) in [6, 6.07) is 2.00. The molecule has 0 aromatic carbocycles. The highest BCUT2D eigenvalue weighted by atomic mass is 32.2. The van der Waals surface area contributed by atoms with Crippen LogP contribution in [-0.2, 0) is 0 Å². The summed E-state index contributed by atoms with van der Waals surface area (Å²) in [6.45, 7) is 9.40. The predicted molar refractivity (Wildman–Crippen MR) is 79.2 cm³/mol. The Morgan fingerprint density at radius 1 is 1.39 bits per heavy atom. The largest absolute Gasteiger partial charge is 0.492 e. The average molecular weight is 268 g/mol. The van der Waals surface area contributed by atoms with Gasteiger partial charge < -0.3 is 10.5 Å². The van der Waals surface area contributed by atoms with Gasteiger partial charge in [0.25, 0.3) is 0 Å². The van der Waals surface area contributed by atoms with Crippen molar-refractivity contribution in [1.29, 1.82) is 0 Å². The summed E-state index contributed by atoms with van der Waals surface area (Å²) in [4.78, 5) is 4.19. The van der Waals surface area contributed by atoms with Crippen LogP contribution in [0.5, 0.6) is 5.75 Å². The number of ether oxygens (including phenoxy) is 1. The van der Waals surface area contributed by atoms with Crippen LogP contribution in [0.2, 0.25) is 0 Å². The van der Waals surface area contributed by atoms with E-state index in [0.29, 0.717) is 0 Å². The molecule has 0 fully saturated rings. The van der Waals surface area contributed by atoms with E-state index in [-0.39, 0.29) is 10.8 Å². The zero-order valence-electron chi connectivity index (χ0n) is 11.8. The van der Waals surface area contributed by atoms with E-state index in [9.17, 15) is 0 Å². The molecule has 0 saturated heterocycles. The van der Waals surface area contributed by atoms with Crippen molar-refractivity contribution < 1.29 is 4.74 Å². The van der Waals surface area contributed by atoms with Crippen molar-refractivity contribution in [1.82, 2.24) is 4.98 Å². The molecule has 1 rings (SSSR count). The molecule has 1 aromatic rings. The summed E-state index contributed by atoms with van der Waals surface area (Å²) in [5, 5.41) is 0. The number of pyridine rings is 1. The first-order valence-electron chi connectivity index (χ1n) is 6.39. The van der Waals surface area contributed by atoms with Crippen LogP contribution in [0.1, 0.15) is 45.7 Å². The summed E-state index contributed by atoms with van der Waals surface area (Å²) < 4.78 is 5.80. The van der Waals surface area contributed by atoms with Crippen LogP contribution in [0.25, 0.3) is 0 Å². The highest BCUT2D eigenvalue weighted by Gasteiger charge is 2.15. The third-order valence-corrected chi connectivity index (χ3v) is 3.72. The SMILES string of the molecule is CCCOc1cncc(C(N)CSC(C)(C)C)c1. The Labute approximate surface area is 115 Å². The van der Waals surface area contributed by atoms with Gasteiger partial charge in [-0.1, -0.05) is 27.7 Å². The second-order valence-electron chi connectivity index (χ2n) is 5.33. The zero-order chi connectivity index (χ0) is 13.6. The summed E-state index contributed by atoms with van der Waals surface area (Å²) in [7, 11) is 0. The van der Waals surface area contributed by atoms with Gasteiger partial charge in [0.05, 0.1) is 12.8 Å². The van der Waals surface area contributed by atoms with Crippen molar-refractivity contribution in [3.05, 3.63) is 24.0 Å². The van der Waals surface area contributed by atoms with Gasteiger partial charge in [-0.25, -0.2) is 0 Å². The van der Waals surface area contributed by atoms with E-state index in [1.165, 1.54) is 0 Å². The minimum absolute atomic E-state index is 0.00639. The molecular formula is C14H24N2OS. The number of hydrogen-bond acceptors (Lipinski definition) is 4. The van der Waals surface area contributed by atoms with E-state index in [4.69, 9.17) is 10.5 Å². The van der Waals surface area contributed by atoms with Crippen molar-refractivity contribution in [3.8, 4) is 5.75 Å². The number of aromatic nitrogens is 1. The molecule has 1 unspecified atom stereocenters. The van der Waals surface area contributed by atoms with E-state index in [1.54, 1.807) is 6.20 Å². The molecular weight excluding hydrogens is 244 g/mol. The maximum absolute atomic E-state index is 6.18. The van der Waals surface area contributed by atoms with Crippen LogP contribution >= 0.6 is 11.8 Å². The molecule has 0 aliphatic rings. The molecule has 0 radical (unpaired) electrons. The molecule has 4 heteroatoms. The maximum Gasteiger partial charge on any atom is 0.137 e. The summed E-state index contributed by atoms with van der Waals surface area (Å²) in [5.74, 6) is 1.70. The van der Waals surface area contributed by atoms with Gasteiger partial charge in [-0.3, -0.25) is 4.98 Å². The van der Waals surface area contributed by atoms with Crippen molar-refractivity contribution in [2.24, 2.45) is 5.73 Å². The molecule has 2 N–H and O–H groups in total. The minimum Gasteiger partial charge on any atom is -0.492 e. The van der Waals surface area contributed by atoms with Gasteiger partial charge in [0, 0.05) is 22.7 Å². The number of nitrogens with zero attached hydrogens (tertiary/aromatic N) is 1. The lowest BCUT2D eigenvalue weighted by Crippen LogP contribution is -2.18. The van der Waals surface area contributed by atoms with Gasteiger partial charge in [0.15, 0.2) is 0 Å². The lowest BCUT2D eigenvalue weighted by molar-refractivity contribution is 0.315. The molecule has 102 valence electrons. The lowest BCUT2D eigenvalue weighted by atomic mass is 10.1. The Kier molecular flexibility index (Phi) is 5.96. The van der Waals surface area contributed by atoms with Gasteiger partial charge in [-0.05, 0) is 18.1 Å². The molecule has 0 amide bonds. The molecule has 1 atom stereocenters. The quantitative estimate of drug-likeness (QED) is 0.859. The molecule has 1 aromatic heterocycles. The van der Waals surface area contributed by atoms with Gasteiger partial charge in [0.1, 0.15) is 5.75 Å². The molecule has 0 spiro atoms. The van der Waals surface area contributed by atoms with Crippen LogP contribution in [0.3, 0.4) is 0 Å². The summed E-state index contributed by atoms with van der Waals surface area (Å²) >= 11 is 1.87.